The topological polar surface area (TPSA) is 61.3 Å². The first-order valence-corrected chi connectivity index (χ1v) is 8.83. The van der Waals surface area contributed by atoms with Crippen LogP contribution in [0.15, 0.2) is 28.2 Å². The van der Waals surface area contributed by atoms with Crippen molar-refractivity contribution in [3.05, 3.63) is 38.9 Å². The third-order valence-corrected chi connectivity index (χ3v) is 5.24. The molecule has 0 amide bonds. The van der Waals surface area contributed by atoms with Crippen LogP contribution in [0.4, 0.5) is 13.2 Å². The molecule has 0 atom stereocenters. The lowest BCUT2D eigenvalue weighted by atomic mass is 9.81. The number of nitrogens with zero attached hydrogens (tertiary/aromatic N) is 2. The largest absolute Gasteiger partial charge is 0.467 e. The molecule has 0 N–H and O–H groups in total. The maximum atomic E-state index is 12.6. The zero-order chi connectivity index (χ0) is 18.1. The predicted octanol–water partition coefficient (Wildman–Crippen LogP) is 3.78. The fourth-order valence-electron chi connectivity index (χ4n) is 2.36. The van der Waals surface area contributed by atoms with Gasteiger partial charge >= 0.3 is 6.18 Å². The van der Waals surface area contributed by atoms with Gasteiger partial charge in [0, 0.05) is 18.0 Å². The number of pyridine rings is 1. The summed E-state index contributed by atoms with van der Waals surface area (Å²) in [5, 5.41) is 2.62. The second kappa shape index (κ2) is 7.00. The molecule has 0 bridgehead atoms. The number of thiazole rings is 1. The molecule has 2 aromatic heterocycles. The summed E-state index contributed by atoms with van der Waals surface area (Å²) in [5.74, 6) is -0.570. The van der Waals surface area contributed by atoms with E-state index in [1.54, 1.807) is 6.20 Å². The van der Waals surface area contributed by atoms with Crippen LogP contribution in [0.2, 0.25) is 0 Å². The lowest BCUT2D eigenvalue weighted by Crippen LogP contribution is -2.48. The number of carbonyl (C=O) groups is 1. The van der Waals surface area contributed by atoms with E-state index < -0.39 is 18.2 Å². The molecule has 1 aliphatic rings. The molecule has 5 nitrogen and oxygen atoms in total. The Morgan fingerprint density at radius 3 is 2.72 bits per heavy atom. The Balaban J connectivity index is 1.76. The Morgan fingerprint density at radius 2 is 2.16 bits per heavy atom. The van der Waals surface area contributed by atoms with Crippen molar-refractivity contribution in [1.29, 1.82) is 0 Å². The summed E-state index contributed by atoms with van der Waals surface area (Å²) in [7, 11) is 0. The number of ether oxygens (including phenoxy) is 2. The minimum absolute atomic E-state index is 0.0446. The van der Waals surface area contributed by atoms with Gasteiger partial charge in [-0.3, -0.25) is 4.79 Å². The van der Waals surface area contributed by atoms with Crippen molar-refractivity contribution in [3.63, 3.8) is 0 Å². The SMILES string of the molecule is O=C(CC1(c2nccs2)COC1)c1ccc(Br)c(OCC(F)(F)F)n1. The van der Waals surface area contributed by atoms with Crippen molar-refractivity contribution in [3.8, 4) is 5.88 Å². The zero-order valence-corrected chi connectivity index (χ0v) is 15.1. The number of hydrogen-bond acceptors (Lipinski definition) is 6. The number of aromatic nitrogens is 2. The summed E-state index contributed by atoms with van der Waals surface area (Å²) in [4.78, 5) is 20.8. The van der Waals surface area contributed by atoms with Crippen LogP contribution >= 0.6 is 27.3 Å². The summed E-state index contributed by atoms with van der Waals surface area (Å²) >= 11 is 4.51. The van der Waals surface area contributed by atoms with Crippen LogP contribution in [0, 0.1) is 0 Å². The van der Waals surface area contributed by atoms with E-state index in [0.717, 1.165) is 5.01 Å². The van der Waals surface area contributed by atoms with Gasteiger partial charge in [-0.15, -0.1) is 11.3 Å². The molecule has 10 heteroatoms. The molecule has 0 aliphatic carbocycles. The highest BCUT2D eigenvalue weighted by atomic mass is 79.9. The number of ketones is 1. The molecule has 0 unspecified atom stereocenters. The molecule has 0 saturated carbocycles. The first kappa shape index (κ1) is 18.3. The Bertz CT molecular complexity index is 764. The van der Waals surface area contributed by atoms with Gasteiger partial charge in [0.05, 0.1) is 23.1 Å². The molecule has 25 heavy (non-hydrogen) atoms. The van der Waals surface area contributed by atoms with Crippen molar-refractivity contribution < 1.29 is 27.4 Å². The first-order valence-electron chi connectivity index (χ1n) is 7.16. The van der Waals surface area contributed by atoms with Crippen molar-refractivity contribution in [2.45, 2.75) is 18.0 Å². The maximum Gasteiger partial charge on any atom is 0.422 e. The van der Waals surface area contributed by atoms with Gasteiger partial charge in [-0.2, -0.15) is 13.2 Å². The fourth-order valence-corrected chi connectivity index (χ4v) is 3.51. The van der Waals surface area contributed by atoms with E-state index >= 15 is 0 Å². The Hall–Kier alpha value is -1.52. The quantitative estimate of drug-likeness (QED) is 0.644. The monoisotopic (exact) mass is 436 g/mol. The standard InChI is InChI=1S/C15H12BrF3N2O3S/c16-9-1-2-10(21-12(9)24-8-15(17,18)19)11(22)5-14(6-23-7-14)13-20-3-4-25-13/h1-4H,5-8H2. The summed E-state index contributed by atoms with van der Waals surface area (Å²) in [6.45, 7) is -0.729. The first-order chi connectivity index (χ1) is 11.8. The molecule has 134 valence electrons. The lowest BCUT2D eigenvalue weighted by molar-refractivity contribution is -0.154. The molecular formula is C15H12BrF3N2O3S. The zero-order valence-electron chi connectivity index (χ0n) is 12.7. The summed E-state index contributed by atoms with van der Waals surface area (Å²) < 4.78 is 47.1. The minimum Gasteiger partial charge on any atom is -0.467 e. The normalized spacial score (nSPS) is 16.3. The van der Waals surface area contributed by atoms with Gasteiger partial charge in [-0.1, -0.05) is 0 Å². The fraction of sp³-hybridized carbons (Fsp3) is 0.400. The smallest absolute Gasteiger partial charge is 0.422 e. The molecule has 3 rings (SSSR count). The second-order valence-electron chi connectivity index (χ2n) is 5.60. The molecule has 2 aromatic rings. The van der Waals surface area contributed by atoms with Crippen molar-refractivity contribution in [2.75, 3.05) is 19.8 Å². The van der Waals surface area contributed by atoms with Crippen LogP contribution in [0.1, 0.15) is 21.9 Å². The lowest BCUT2D eigenvalue weighted by Gasteiger charge is -2.39. The van der Waals surface area contributed by atoms with E-state index in [1.165, 1.54) is 23.5 Å². The van der Waals surface area contributed by atoms with Gasteiger partial charge in [0.2, 0.25) is 5.88 Å². The highest BCUT2D eigenvalue weighted by Crippen LogP contribution is 2.38. The van der Waals surface area contributed by atoms with E-state index in [0.29, 0.717) is 13.2 Å². The molecule has 3 heterocycles. The van der Waals surface area contributed by atoms with Crippen molar-refractivity contribution in [1.82, 2.24) is 9.97 Å². The van der Waals surface area contributed by atoms with Gasteiger partial charge in [0.15, 0.2) is 12.4 Å². The Labute approximate surface area is 153 Å². The van der Waals surface area contributed by atoms with E-state index in [-0.39, 0.29) is 28.3 Å². The number of rotatable bonds is 6. The number of carbonyl (C=O) groups excluding carboxylic acids is 1. The molecule has 1 fully saturated rings. The van der Waals surface area contributed by atoms with Crippen LogP contribution in [0.25, 0.3) is 0 Å². The molecule has 0 radical (unpaired) electrons. The third-order valence-electron chi connectivity index (χ3n) is 3.61. The maximum absolute atomic E-state index is 12.6. The predicted molar refractivity (Wildman–Crippen MR) is 87.0 cm³/mol. The average Bonchev–Trinajstić information content (AvgIpc) is 3.03. The summed E-state index contributed by atoms with van der Waals surface area (Å²) in [6, 6.07) is 2.89. The number of Topliss-reactive ketones (excluding diaryl/α,β-unsaturated/α-hetero) is 1. The van der Waals surface area contributed by atoms with Crippen LogP contribution in [-0.4, -0.2) is 41.7 Å². The Kier molecular flexibility index (Phi) is 5.12. The van der Waals surface area contributed by atoms with Gasteiger partial charge < -0.3 is 9.47 Å². The van der Waals surface area contributed by atoms with Crippen LogP contribution in [-0.2, 0) is 10.2 Å². The van der Waals surface area contributed by atoms with E-state index in [1.807, 2.05) is 5.38 Å². The van der Waals surface area contributed by atoms with Gasteiger partial charge in [-0.25, -0.2) is 9.97 Å². The van der Waals surface area contributed by atoms with Gasteiger partial charge in [-0.05, 0) is 28.1 Å². The average molecular weight is 437 g/mol. The molecule has 0 spiro atoms. The summed E-state index contributed by atoms with van der Waals surface area (Å²) in [6.07, 6.45) is -2.71. The molecule has 1 saturated heterocycles. The van der Waals surface area contributed by atoms with Gasteiger partial charge in [0.25, 0.3) is 0 Å². The van der Waals surface area contributed by atoms with E-state index in [9.17, 15) is 18.0 Å². The number of hydrogen-bond donors (Lipinski definition) is 0. The number of halogens is 4. The molecular weight excluding hydrogens is 425 g/mol. The third kappa shape index (κ3) is 4.18. The van der Waals surface area contributed by atoms with Crippen LogP contribution in [0.5, 0.6) is 5.88 Å². The Morgan fingerprint density at radius 1 is 1.40 bits per heavy atom. The highest BCUT2D eigenvalue weighted by molar-refractivity contribution is 9.10. The highest BCUT2D eigenvalue weighted by Gasteiger charge is 2.44. The van der Waals surface area contributed by atoms with E-state index in [4.69, 9.17) is 4.74 Å². The summed E-state index contributed by atoms with van der Waals surface area (Å²) in [5.41, 5.74) is -0.448. The second-order valence-corrected chi connectivity index (χ2v) is 7.35. The van der Waals surface area contributed by atoms with E-state index in [2.05, 4.69) is 30.6 Å². The number of alkyl halides is 3. The van der Waals surface area contributed by atoms with Crippen molar-refractivity contribution in [2.24, 2.45) is 0 Å². The molecule has 1 aliphatic heterocycles. The van der Waals surface area contributed by atoms with Crippen molar-refractivity contribution >= 4 is 33.0 Å². The minimum atomic E-state index is -4.49. The molecule has 0 aromatic carbocycles. The van der Waals surface area contributed by atoms with Gasteiger partial charge in [0.1, 0.15) is 10.7 Å². The van der Waals surface area contributed by atoms with Crippen LogP contribution in [0.3, 0.4) is 0 Å². The van der Waals surface area contributed by atoms with Crippen LogP contribution < -0.4 is 4.74 Å².